The van der Waals surface area contributed by atoms with Gasteiger partial charge < -0.3 is 15.2 Å². The number of primary amides is 1. The Morgan fingerprint density at radius 2 is 1.80 bits per heavy atom. The molecule has 6 heteroatoms. The van der Waals surface area contributed by atoms with Gasteiger partial charge in [0, 0.05) is 13.6 Å². The average Bonchev–Trinajstić information content (AvgIpc) is 2.63. The van der Waals surface area contributed by atoms with Crippen molar-refractivity contribution in [2.45, 2.75) is 13.0 Å². The molecule has 0 spiro atoms. The molecule has 3 rings (SSSR count). The van der Waals surface area contributed by atoms with E-state index in [0.717, 1.165) is 11.1 Å². The second kappa shape index (κ2) is 6.76. The minimum Gasteiger partial charge on any atom is -0.368 e. The van der Waals surface area contributed by atoms with E-state index >= 15 is 0 Å². The predicted octanol–water partition coefficient (Wildman–Crippen LogP) is 1.99. The molecule has 0 saturated carbocycles. The summed E-state index contributed by atoms with van der Waals surface area (Å²) in [6.07, 6.45) is 0. The van der Waals surface area contributed by atoms with Crippen molar-refractivity contribution in [3.8, 4) is 0 Å². The van der Waals surface area contributed by atoms with Crippen LogP contribution in [0, 0.1) is 0 Å². The van der Waals surface area contributed by atoms with Crippen LogP contribution in [-0.2, 0) is 11.8 Å². The van der Waals surface area contributed by atoms with Crippen LogP contribution in [-0.4, -0.2) is 22.0 Å². The van der Waals surface area contributed by atoms with Gasteiger partial charge in [0.05, 0.1) is 11.0 Å². The van der Waals surface area contributed by atoms with E-state index in [1.807, 2.05) is 61.5 Å². The second-order valence-corrected chi connectivity index (χ2v) is 5.79. The summed E-state index contributed by atoms with van der Waals surface area (Å²) in [5, 5.41) is 0. The van der Waals surface area contributed by atoms with Crippen molar-refractivity contribution in [2.24, 2.45) is 12.8 Å². The van der Waals surface area contributed by atoms with Gasteiger partial charge in [0.1, 0.15) is 6.04 Å². The Morgan fingerprint density at radius 1 is 1.16 bits per heavy atom. The SMILES string of the molecule is CCN(c1nc2ccccc2n(C)c1=O)[C@@H](C(N)=O)c1ccccc1. The average molecular weight is 336 g/mol. The molecule has 6 nitrogen and oxygen atoms in total. The van der Waals surface area contributed by atoms with Gasteiger partial charge in [-0.1, -0.05) is 42.5 Å². The molecule has 1 aromatic heterocycles. The van der Waals surface area contributed by atoms with Gasteiger partial charge in [-0.2, -0.15) is 0 Å². The van der Waals surface area contributed by atoms with Gasteiger partial charge in [-0.3, -0.25) is 9.59 Å². The molecule has 2 aromatic carbocycles. The highest BCUT2D eigenvalue weighted by Gasteiger charge is 2.28. The predicted molar refractivity (Wildman–Crippen MR) is 98.4 cm³/mol. The van der Waals surface area contributed by atoms with Crippen LogP contribution >= 0.6 is 0 Å². The van der Waals surface area contributed by atoms with Crippen LogP contribution in [0.25, 0.3) is 11.0 Å². The van der Waals surface area contributed by atoms with E-state index in [0.29, 0.717) is 12.1 Å². The normalized spacial score (nSPS) is 12.1. The molecule has 1 heterocycles. The fraction of sp³-hybridized carbons (Fsp3) is 0.211. The summed E-state index contributed by atoms with van der Waals surface area (Å²) >= 11 is 0. The number of rotatable bonds is 5. The van der Waals surface area contributed by atoms with Crippen LogP contribution in [0.3, 0.4) is 0 Å². The zero-order valence-corrected chi connectivity index (χ0v) is 14.2. The lowest BCUT2D eigenvalue weighted by Crippen LogP contribution is -2.42. The van der Waals surface area contributed by atoms with E-state index in [2.05, 4.69) is 4.98 Å². The number of aryl methyl sites for hydroxylation is 1. The van der Waals surface area contributed by atoms with Gasteiger partial charge in [-0.05, 0) is 24.6 Å². The maximum absolute atomic E-state index is 12.8. The molecule has 0 aliphatic rings. The molecule has 25 heavy (non-hydrogen) atoms. The van der Waals surface area contributed by atoms with Crippen LogP contribution in [0.5, 0.6) is 0 Å². The molecule has 0 saturated heterocycles. The standard InChI is InChI=1S/C19H20N4O2/c1-3-23(16(17(20)24)13-9-5-4-6-10-13)18-19(25)22(2)15-12-8-7-11-14(15)21-18/h4-12,16H,3H2,1-2H3,(H2,20,24)/t16-/m1/s1. The van der Waals surface area contributed by atoms with Crippen molar-refractivity contribution in [2.75, 3.05) is 11.4 Å². The fourth-order valence-electron chi connectivity index (χ4n) is 3.04. The minimum absolute atomic E-state index is 0.219. The number of nitrogens with two attached hydrogens (primary N) is 1. The Balaban J connectivity index is 2.21. The molecule has 0 radical (unpaired) electrons. The van der Waals surface area contributed by atoms with Crippen molar-refractivity contribution in [3.05, 3.63) is 70.5 Å². The van der Waals surface area contributed by atoms with E-state index in [1.54, 1.807) is 16.5 Å². The van der Waals surface area contributed by atoms with Gasteiger partial charge in [0.25, 0.3) is 5.56 Å². The van der Waals surface area contributed by atoms with E-state index in [9.17, 15) is 9.59 Å². The Labute approximate surface area is 145 Å². The van der Waals surface area contributed by atoms with Crippen LogP contribution in [0.4, 0.5) is 5.82 Å². The molecule has 3 aromatic rings. The Hall–Kier alpha value is -3.15. The summed E-state index contributed by atoms with van der Waals surface area (Å²) in [4.78, 5) is 31.2. The lowest BCUT2D eigenvalue weighted by molar-refractivity contribution is -0.119. The molecule has 2 N–H and O–H groups in total. The molecular weight excluding hydrogens is 316 g/mol. The van der Waals surface area contributed by atoms with E-state index in [1.165, 1.54) is 0 Å². The van der Waals surface area contributed by atoms with Gasteiger partial charge in [-0.25, -0.2) is 4.98 Å². The fourth-order valence-corrected chi connectivity index (χ4v) is 3.04. The molecule has 1 amide bonds. The number of hydrogen-bond donors (Lipinski definition) is 1. The number of hydrogen-bond acceptors (Lipinski definition) is 4. The summed E-state index contributed by atoms with van der Waals surface area (Å²) in [5.41, 5.74) is 7.56. The lowest BCUT2D eigenvalue weighted by atomic mass is 10.0. The highest BCUT2D eigenvalue weighted by Crippen LogP contribution is 2.24. The van der Waals surface area contributed by atoms with Crippen molar-refractivity contribution in [1.29, 1.82) is 0 Å². The molecule has 0 aliphatic carbocycles. The number of para-hydroxylation sites is 2. The first-order valence-corrected chi connectivity index (χ1v) is 8.11. The number of carbonyl (C=O) groups excluding carboxylic acids is 1. The maximum Gasteiger partial charge on any atom is 0.293 e. The summed E-state index contributed by atoms with van der Waals surface area (Å²) in [6, 6.07) is 15.8. The molecule has 1 atom stereocenters. The topological polar surface area (TPSA) is 81.2 Å². The Kier molecular flexibility index (Phi) is 4.52. The summed E-state index contributed by atoms with van der Waals surface area (Å²) in [6.45, 7) is 2.29. The monoisotopic (exact) mass is 336 g/mol. The number of carbonyl (C=O) groups is 1. The Bertz CT molecular complexity index is 966. The highest BCUT2D eigenvalue weighted by molar-refractivity contribution is 5.85. The summed E-state index contributed by atoms with van der Waals surface area (Å²) in [5.74, 6) is -0.304. The first kappa shape index (κ1) is 16.7. The number of fused-ring (bicyclic) bond motifs is 1. The van der Waals surface area contributed by atoms with E-state index < -0.39 is 11.9 Å². The van der Waals surface area contributed by atoms with Gasteiger partial charge >= 0.3 is 0 Å². The zero-order valence-electron chi connectivity index (χ0n) is 14.2. The highest BCUT2D eigenvalue weighted by atomic mass is 16.1. The number of benzene rings is 2. The number of anilines is 1. The third kappa shape index (κ3) is 2.98. The quantitative estimate of drug-likeness (QED) is 0.772. The number of likely N-dealkylation sites (N-methyl/N-ethyl adjacent to an activating group) is 1. The first-order valence-electron chi connectivity index (χ1n) is 8.11. The van der Waals surface area contributed by atoms with Crippen molar-refractivity contribution in [3.63, 3.8) is 0 Å². The molecule has 0 fully saturated rings. The van der Waals surface area contributed by atoms with Gasteiger partial charge in [0.2, 0.25) is 5.91 Å². The Morgan fingerprint density at radius 3 is 2.44 bits per heavy atom. The van der Waals surface area contributed by atoms with Crippen molar-refractivity contribution < 1.29 is 4.79 Å². The van der Waals surface area contributed by atoms with Crippen LogP contribution < -0.4 is 16.2 Å². The third-order valence-corrected chi connectivity index (χ3v) is 4.27. The van der Waals surface area contributed by atoms with Crippen molar-refractivity contribution in [1.82, 2.24) is 9.55 Å². The zero-order chi connectivity index (χ0) is 18.0. The van der Waals surface area contributed by atoms with Crippen LogP contribution in [0.15, 0.2) is 59.4 Å². The van der Waals surface area contributed by atoms with Crippen molar-refractivity contribution >= 4 is 22.8 Å². The third-order valence-electron chi connectivity index (χ3n) is 4.27. The van der Waals surface area contributed by atoms with E-state index in [4.69, 9.17) is 5.73 Å². The van der Waals surface area contributed by atoms with E-state index in [-0.39, 0.29) is 11.4 Å². The molecule has 0 unspecified atom stereocenters. The lowest BCUT2D eigenvalue weighted by Gasteiger charge is -2.29. The number of aromatic nitrogens is 2. The summed E-state index contributed by atoms with van der Waals surface area (Å²) < 4.78 is 1.55. The van der Waals surface area contributed by atoms with Crippen LogP contribution in [0.1, 0.15) is 18.5 Å². The largest absolute Gasteiger partial charge is 0.368 e. The molecule has 128 valence electrons. The minimum atomic E-state index is -0.757. The number of amides is 1. The molecule has 0 bridgehead atoms. The summed E-state index contributed by atoms with van der Waals surface area (Å²) in [7, 11) is 1.70. The smallest absolute Gasteiger partial charge is 0.293 e. The second-order valence-electron chi connectivity index (χ2n) is 5.79. The van der Waals surface area contributed by atoms with Crippen LogP contribution in [0.2, 0.25) is 0 Å². The van der Waals surface area contributed by atoms with Gasteiger partial charge in [-0.15, -0.1) is 0 Å². The maximum atomic E-state index is 12.8. The molecule has 0 aliphatic heterocycles. The number of nitrogens with zero attached hydrogens (tertiary/aromatic N) is 3. The molecular formula is C19H20N4O2. The van der Waals surface area contributed by atoms with Gasteiger partial charge in [0.15, 0.2) is 5.82 Å². The first-order chi connectivity index (χ1) is 12.0.